The van der Waals surface area contributed by atoms with Gasteiger partial charge < -0.3 is 9.64 Å². The summed E-state index contributed by atoms with van der Waals surface area (Å²) in [5.41, 5.74) is 2.32. The topological polar surface area (TPSA) is 32.8 Å². The first-order valence-corrected chi connectivity index (χ1v) is 11.1. The summed E-state index contributed by atoms with van der Waals surface area (Å²) in [4.78, 5) is 17.0. The van der Waals surface area contributed by atoms with Gasteiger partial charge in [-0.1, -0.05) is 53.2 Å². The highest BCUT2D eigenvalue weighted by Crippen LogP contribution is 2.33. The third-order valence-corrected chi connectivity index (χ3v) is 6.53. The molecule has 1 aliphatic rings. The van der Waals surface area contributed by atoms with E-state index >= 15 is 0 Å². The van der Waals surface area contributed by atoms with Crippen molar-refractivity contribution < 1.29 is 9.53 Å². The lowest BCUT2D eigenvalue weighted by atomic mass is 9.76. The summed E-state index contributed by atoms with van der Waals surface area (Å²) < 4.78 is 6.09. The van der Waals surface area contributed by atoms with Crippen LogP contribution in [0, 0.1) is 0 Å². The van der Waals surface area contributed by atoms with Gasteiger partial charge in [-0.2, -0.15) is 0 Å². The molecule has 2 aromatic rings. The van der Waals surface area contributed by atoms with Gasteiger partial charge in [0.05, 0.1) is 13.5 Å². The van der Waals surface area contributed by atoms with Crippen LogP contribution in [-0.4, -0.2) is 50.7 Å². The quantitative estimate of drug-likeness (QED) is 0.528. The Kier molecular flexibility index (Phi) is 7.73. The highest BCUT2D eigenvalue weighted by molar-refractivity contribution is 9.10. The normalized spacial score (nSPS) is 17.0. The van der Waals surface area contributed by atoms with E-state index in [0.29, 0.717) is 6.42 Å². The predicted octanol–water partition coefficient (Wildman–Crippen LogP) is 4.87. The molecule has 0 saturated carbocycles. The lowest BCUT2D eigenvalue weighted by Crippen LogP contribution is -2.46. The SMILES string of the molecule is COC(=O)CC(C)(CCCN1CCN(c2ccc(Br)cc2)CC1)c1ccccc1. The van der Waals surface area contributed by atoms with Crippen molar-refractivity contribution in [2.75, 3.05) is 44.7 Å². The number of nitrogens with zero attached hydrogens (tertiary/aromatic N) is 2. The zero-order valence-corrected chi connectivity index (χ0v) is 19.0. The summed E-state index contributed by atoms with van der Waals surface area (Å²) in [7, 11) is 1.47. The average Bonchev–Trinajstić information content (AvgIpc) is 2.75. The highest BCUT2D eigenvalue weighted by atomic mass is 79.9. The Bertz CT molecular complexity index is 773. The Morgan fingerprint density at radius 2 is 1.69 bits per heavy atom. The van der Waals surface area contributed by atoms with Crippen molar-refractivity contribution >= 4 is 27.6 Å². The predicted molar refractivity (Wildman–Crippen MR) is 122 cm³/mol. The minimum Gasteiger partial charge on any atom is -0.469 e. The summed E-state index contributed by atoms with van der Waals surface area (Å²) in [5, 5.41) is 0. The van der Waals surface area contributed by atoms with Gasteiger partial charge in [-0.15, -0.1) is 0 Å². The lowest BCUT2D eigenvalue weighted by molar-refractivity contribution is -0.142. The fourth-order valence-corrected chi connectivity index (χ4v) is 4.40. The number of methoxy groups -OCH3 is 1. The number of ether oxygens (including phenoxy) is 1. The van der Waals surface area contributed by atoms with Crippen molar-refractivity contribution in [1.82, 2.24) is 4.90 Å². The third kappa shape index (κ3) is 6.06. The number of esters is 1. The number of hydrogen-bond donors (Lipinski definition) is 0. The van der Waals surface area contributed by atoms with Gasteiger partial charge in [-0.3, -0.25) is 9.69 Å². The summed E-state index contributed by atoms with van der Waals surface area (Å²) in [6.45, 7) is 7.52. The van der Waals surface area contributed by atoms with Crippen molar-refractivity contribution in [2.45, 2.75) is 31.6 Å². The summed E-state index contributed by atoms with van der Waals surface area (Å²) in [6.07, 6.45) is 2.46. The molecule has 5 heteroatoms. The molecule has 0 amide bonds. The lowest BCUT2D eigenvalue weighted by Gasteiger charge is -2.37. The van der Waals surface area contributed by atoms with E-state index in [9.17, 15) is 4.79 Å². The second-order valence-corrected chi connectivity index (χ2v) is 9.00. The van der Waals surface area contributed by atoms with Crippen LogP contribution in [0.15, 0.2) is 59.1 Å². The standard InChI is InChI=1S/C24H31BrN2O2/c1-24(19-23(28)29-2,20-7-4-3-5-8-20)13-6-14-26-15-17-27(18-16-26)22-11-9-21(25)10-12-22/h3-5,7-12H,6,13-19H2,1-2H3. The first kappa shape index (κ1) is 21.8. The number of halogens is 1. The molecule has 0 spiro atoms. The van der Waals surface area contributed by atoms with Gasteiger partial charge in [0, 0.05) is 41.8 Å². The second kappa shape index (κ2) is 10.3. The van der Waals surface area contributed by atoms with Crippen molar-refractivity contribution in [3.8, 4) is 0 Å². The number of rotatable bonds is 8. The van der Waals surface area contributed by atoms with Gasteiger partial charge in [0.2, 0.25) is 0 Å². The molecule has 1 atom stereocenters. The Morgan fingerprint density at radius 3 is 2.31 bits per heavy atom. The number of benzene rings is 2. The maximum atomic E-state index is 12.0. The fraction of sp³-hybridized carbons (Fsp3) is 0.458. The molecule has 1 aliphatic heterocycles. The average molecular weight is 459 g/mol. The van der Waals surface area contributed by atoms with Gasteiger partial charge in [-0.05, 0) is 49.2 Å². The van der Waals surface area contributed by atoms with E-state index in [1.165, 1.54) is 18.4 Å². The molecule has 1 fully saturated rings. The monoisotopic (exact) mass is 458 g/mol. The first-order chi connectivity index (χ1) is 14.0. The maximum absolute atomic E-state index is 12.0. The minimum atomic E-state index is -0.187. The molecule has 2 aromatic carbocycles. The summed E-state index contributed by atoms with van der Waals surface area (Å²) >= 11 is 3.50. The molecule has 0 N–H and O–H groups in total. The number of carbonyl (C=O) groups excluding carboxylic acids is 1. The van der Waals surface area contributed by atoms with E-state index < -0.39 is 0 Å². The van der Waals surface area contributed by atoms with Gasteiger partial charge in [0.25, 0.3) is 0 Å². The van der Waals surface area contributed by atoms with Crippen LogP contribution in [0.4, 0.5) is 5.69 Å². The molecule has 0 bridgehead atoms. The molecular formula is C24H31BrN2O2. The molecular weight excluding hydrogens is 428 g/mol. The van der Waals surface area contributed by atoms with Crippen LogP contribution in [0.3, 0.4) is 0 Å². The van der Waals surface area contributed by atoms with Gasteiger partial charge in [0.1, 0.15) is 0 Å². The highest BCUT2D eigenvalue weighted by Gasteiger charge is 2.30. The van der Waals surface area contributed by atoms with E-state index in [1.807, 2.05) is 18.2 Å². The number of piperazine rings is 1. The van der Waals surface area contributed by atoms with Gasteiger partial charge >= 0.3 is 5.97 Å². The van der Waals surface area contributed by atoms with Gasteiger partial charge in [-0.25, -0.2) is 0 Å². The van der Waals surface area contributed by atoms with E-state index in [2.05, 4.69) is 69.1 Å². The number of carbonyl (C=O) groups is 1. The molecule has 1 heterocycles. The molecule has 4 nitrogen and oxygen atoms in total. The minimum absolute atomic E-state index is 0.139. The zero-order chi connectivity index (χ0) is 20.7. The smallest absolute Gasteiger partial charge is 0.306 e. The van der Waals surface area contributed by atoms with Crippen molar-refractivity contribution in [3.63, 3.8) is 0 Å². The molecule has 1 saturated heterocycles. The van der Waals surface area contributed by atoms with E-state index in [-0.39, 0.29) is 11.4 Å². The first-order valence-electron chi connectivity index (χ1n) is 10.4. The number of anilines is 1. The van der Waals surface area contributed by atoms with Crippen LogP contribution in [-0.2, 0) is 14.9 Å². The summed E-state index contributed by atoms with van der Waals surface area (Å²) in [5.74, 6) is -0.139. The van der Waals surface area contributed by atoms with Crippen molar-refractivity contribution in [2.24, 2.45) is 0 Å². The Labute approximate surface area is 183 Å². The van der Waals surface area contributed by atoms with Crippen LogP contribution >= 0.6 is 15.9 Å². The van der Waals surface area contributed by atoms with Crippen LogP contribution < -0.4 is 4.90 Å². The Morgan fingerprint density at radius 1 is 1.03 bits per heavy atom. The molecule has 156 valence electrons. The molecule has 29 heavy (non-hydrogen) atoms. The van der Waals surface area contributed by atoms with E-state index in [1.54, 1.807) is 0 Å². The molecule has 0 aromatic heterocycles. The van der Waals surface area contributed by atoms with E-state index in [4.69, 9.17) is 4.74 Å². The molecule has 0 radical (unpaired) electrons. The maximum Gasteiger partial charge on any atom is 0.306 e. The van der Waals surface area contributed by atoms with Crippen LogP contribution in [0.1, 0.15) is 31.7 Å². The second-order valence-electron chi connectivity index (χ2n) is 8.09. The molecule has 3 rings (SSSR count). The molecule has 1 unspecified atom stereocenters. The number of hydrogen-bond acceptors (Lipinski definition) is 4. The zero-order valence-electron chi connectivity index (χ0n) is 17.4. The van der Waals surface area contributed by atoms with E-state index in [0.717, 1.165) is 50.0 Å². The Balaban J connectivity index is 1.51. The summed E-state index contributed by atoms with van der Waals surface area (Å²) in [6, 6.07) is 18.9. The fourth-order valence-electron chi connectivity index (χ4n) is 4.14. The Hall–Kier alpha value is -1.85. The van der Waals surface area contributed by atoms with Gasteiger partial charge in [0.15, 0.2) is 0 Å². The largest absolute Gasteiger partial charge is 0.469 e. The van der Waals surface area contributed by atoms with Crippen molar-refractivity contribution in [3.05, 3.63) is 64.6 Å². The van der Waals surface area contributed by atoms with Crippen molar-refractivity contribution in [1.29, 1.82) is 0 Å². The van der Waals surface area contributed by atoms with Crippen LogP contribution in [0.5, 0.6) is 0 Å². The van der Waals surface area contributed by atoms with Crippen LogP contribution in [0.25, 0.3) is 0 Å². The molecule has 0 aliphatic carbocycles. The third-order valence-electron chi connectivity index (χ3n) is 6.00. The van der Waals surface area contributed by atoms with Crippen LogP contribution in [0.2, 0.25) is 0 Å².